The number of amides is 2. The number of anilines is 1. The van der Waals surface area contributed by atoms with Gasteiger partial charge in [0, 0.05) is 23.8 Å². The van der Waals surface area contributed by atoms with E-state index in [1.807, 2.05) is 18.2 Å². The van der Waals surface area contributed by atoms with Crippen LogP contribution in [0.25, 0.3) is 0 Å². The van der Waals surface area contributed by atoms with Crippen LogP contribution in [0.4, 0.5) is 5.69 Å². The maximum Gasteiger partial charge on any atom is 0.237 e. The van der Waals surface area contributed by atoms with Crippen molar-refractivity contribution in [3.8, 4) is 11.5 Å². The van der Waals surface area contributed by atoms with E-state index in [0.717, 1.165) is 16.8 Å². The molecule has 7 heteroatoms. The Labute approximate surface area is 168 Å². The van der Waals surface area contributed by atoms with Crippen LogP contribution in [0.2, 0.25) is 5.02 Å². The second-order valence-corrected chi connectivity index (χ2v) is 7.55. The van der Waals surface area contributed by atoms with Crippen LogP contribution in [0.1, 0.15) is 17.5 Å². The molecule has 1 N–H and O–H groups in total. The van der Waals surface area contributed by atoms with Crippen LogP contribution in [0.15, 0.2) is 36.4 Å². The zero-order valence-corrected chi connectivity index (χ0v) is 16.5. The number of hydrogen-bond donors (Lipinski definition) is 1. The Morgan fingerprint density at radius 1 is 1.18 bits per heavy atom. The Bertz CT molecular complexity index is 961. The summed E-state index contributed by atoms with van der Waals surface area (Å²) in [6.07, 6.45) is 0.770. The van der Waals surface area contributed by atoms with Gasteiger partial charge in [0.2, 0.25) is 11.8 Å². The molecule has 2 aliphatic heterocycles. The van der Waals surface area contributed by atoms with E-state index in [2.05, 4.69) is 5.32 Å². The molecule has 1 spiro atoms. The first-order chi connectivity index (χ1) is 13.5. The number of rotatable bonds is 4. The minimum absolute atomic E-state index is 0.0481. The lowest BCUT2D eigenvalue weighted by Gasteiger charge is -2.23. The van der Waals surface area contributed by atoms with Crippen LogP contribution in [0, 0.1) is 0 Å². The Balaban J connectivity index is 1.54. The molecular weight excluding hydrogens is 380 g/mol. The highest BCUT2D eigenvalue weighted by atomic mass is 35.5. The summed E-state index contributed by atoms with van der Waals surface area (Å²) in [5, 5.41) is 3.44. The summed E-state index contributed by atoms with van der Waals surface area (Å²) in [5.74, 6) is 1.24. The number of halogens is 1. The average molecular weight is 401 g/mol. The third-order valence-electron chi connectivity index (χ3n) is 5.65. The normalized spacial score (nSPS) is 20.2. The zero-order valence-electron chi connectivity index (χ0n) is 15.8. The molecule has 0 aliphatic carbocycles. The number of nitrogens with zero attached hydrogens (tertiary/aromatic N) is 1. The first-order valence-corrected chi connectivity index (χ1v) is 9.45. The fourth-order valence-corrected chi connectivity index (χ4v) is 4.26. The van der Waals surface area contributed by atoms with Crippen LogP contribution in [-0.2, 0) is 21.4 Å². The van der Waals surface area contributed by atoms with Gasteiger partial charge >= 0.3 is 0 Å². The molecule has 2 heterocycles. The minimum Gasteiger partial charge on any atom is -0.497 e. The van der Waals surface area contributed by atoms with Gasteiger partial charge in [-0.15, -0.1) is 0 Å². The molecule has 2 aliphatic rings. The highest BCUT2D eigenvalue weighted by Crippen LogP contribution is 2.45. The van der Waals surface area contributed by atoms with Crippen LogP contribution in [-0.4, -0.2) is 44.0 Å². The molecule has 0 radical (unpaired) electrons. The third-order valence-corrected chi connectivity index (χ3v) is 6.00. The van der Waals surface area contributed by atoms with Crippen molar-refractivity contribution in [2.75, 3.05) is 32.6 Å². The molecular formula is C21H21ClN2O4. The lowest BCUT2D eigenvalue weighted by Crippen LogP contribution is -2.39. The van der Waals surface area contributed by atoms with Gasteiger partial charge in [-0.3, -0.25) is 9.59 Å². The fourth-order valence-electron chi connectivity index (χ4n) is 4.02. The largest absolute Gasteiger partial charge is 0.497 e. The Morgan fingerprint density at radius 3 is 2.61 bits per heavy atom. The van der Waals surface area contributed by atoms with Gasteiger partial charge in [0.25, 0.3) is 0 Å². The summed E-state index contributed by atoms with van der Waals surface area (Å²) in [5.41, 5.74) is 1.71. The van der Waals surface area contributed by atoms with E-state index in [1.54, 1.807) is 37.3 Å². The number of hydrogen-bond acceptors (Lipinski definition) is 4. The van der Waals surface area contributed by atoms with Crippen LogP contribution >= 0.6 is 11.6 Å². The quantitative estimate of drug-likeness (QED) is 0.856. The van der Waals surface area contributed by atoms with Crippen molar-refractivity contribution in [1.82, 2.24) is 4.90 Å². The van der Waals surface area contributed by atoms with Crippen molar-refractivity contribution in [2.24, 2.45) is 0 Å². The van der Waals surface area contributed by atoms with E-state index in [0.29, 0.717) is 36.0 Å². The molecule has 6 nitrogen and oxygen atoms in total. The number of carbonyl (C=O) groups is 2. The van der Waals surface area contributed by atoms with Gasteiger partial charge in [-0.1, -0.05) is 17.7 Å². The summed E-state index contributed by atoms with van der Waals surface area (Å²) < 4.78 is 10.5. The van der Waals surface area contributed by atoms with Gasteiger partial charge in [0.05, 0.1) is 26.1 Å². The van der Waals surface area contributed by atoms with Crippen molar-refractivity contribution in [3.63, 3.8) is 0 Å². The lowest BCUT2D eigenvalue weighted by atomic mass is 9.81. The van der Waals surface area contributed by atoms with E-state index < -0.39 is 5.41 Å². The number of nitrogens with one attached hydrogen (secondary N) is 1. The summed E-state index contributed by atoms with van der Waals surface area (Å²) >= 11 is 6.27. The predicted molar refractivity (Wildman–Crippen MR) is 106 cm³/mol. The van der Waals surface area contributed by atoms with Gasteiger partial charge in [0.1, 0.15) is 11.5 Å². The van der Waals surface area contributed by atoms with E-state index in [-0.39, 0.29) is 18.2 Å². The lowest BCUT2D eigenvalue weighted by molar-refractivity contribution is -0.129. The number of methoxy groups -OCH3 is 2. The zero-order chi connectivity index (χ0) is 19.9. The fraction of sp³-hybridized carbons (Fsp3) is 0.333. The number of benzene rings is 2. The molecule has 2 amide bonds. The first-order valence-electron chi connectivity index (χ1n) is 9.07. The van der Waals surface area contributed by atoms with Crippen molar-refractivity contribution >= 4 is 29.1 Å². The maximum atomic E-state index is 12.9. The van der Waals surface area contributed by atoms with Crippen LogP contribution < -0.4 is 14.8 Å². The number of carbonyl (C=O) groups excluding carboxylic acids is 2. The van der Waals surface area contributed by atoms with Crippen molar-refractivity contribution in [3.05, 3.63) is 52.5 Å². The molecule has 0 saturated carbocycles. The second-order valence-electron chi connectivity index (χ2n) is 7.15. The highest BCUT2D eigenvalue weighted by molar-refractivity contribution is 6.31. The molecule has 1 saturated heterocycles. The first kappa shape index (κ1) is 18.6. The van der Waals surface area contributed by atoms with Crippen molar-refractivity contribution < 1.29 is 19.1 Å². The monoisotopic (exact) mass is 400 g/mol. The van der Waals surface area contributed by atoms with E-state index in [4.69, 9.17) is 21.1 Å². The Hall–Kier alpha value is -2.73. The molecule has 1 atom stereocenters. The van der Waals surface area contributed by atoms with Crippen molar-refractivity contribution in [2.45, 2.75) is 18.3 Å². The second kappa shape index (κ2) is 7.02. The summed E-state index contributed by atoms with van der Waals surface area (Å²) in [4.78, 5) is 27.4. The van der Waals surface area contributed by atoms with E-state index in [9.17, 15) is 9.59 Å². The summed E-state index contributed by atoms with van der Waals surface area (Å²) in [7, 11) is 3.17. The SMILES string of the molecule is COc1ccc(CC(=O)N2CC[C@@]3(C2)C(=O)Nc2ccc(OC)cc23)c(Cl)c1. The number of likely N-dealkylation sites (tertiary alicyclic amines) is 1. The molecule has 0 aromatic heterocycles. The van der Waals surface area contributed by atoms with Crippen molar-refractivity contribution in [1.29, 1.82) is 0 Å². The van der Waals surface area contributed by atoms with Crippen LogP contribution in [0.3, 0.4) is 0 Å². The molecule has 2 aromatic rings. The highest BCUT2D eigenvalue weighted by Gasteiger charge is 2.52. The van der Waals surface area contributed by atoms with Gasteiger partial charge in [-0.2, -0.15) is 0 Å². The topological polar surface area (TPSA) is 67.9 Å². The Morgan fingerprint density at radius 2 is 1.89 bits per heavy atom. The average Bonchev–Trinajstić information content (AvgIpc) is 3.26. The van der Waals surface area contributed by atoms with E-state index >= 15 is 0 Å². The van der Waals surface area contributed by atoms with Gasteiger partial charge in [-0.25, -0.2) is 0 Å². The molecule has 0 unspecified atom stereocenters. The number of ether oxygens (including phenoxy) is 2. The standard InChI is InChI=1S/C21H21ClN2O4/c1-27-14-5-6-18-16(10-14)21(20(26)23-18)7-8-24(12-21)19(25)9-13-3-4-15(28-2)11-17(13)22/h3-6,10-11H,7-9,12H2,1-2H3,(H,23,26)/t21-/m0/s1. The predicted octanol–water partition coefficient (Wildman–Crippen LogP) is 3.02. The molecule has 4 rings (SSSR count). The molecule has 1 fully saturated rings. The molecule has 0 bridgehead atoms. The summed E-state index contributed by atoms with van der Waals surface area (Å²) in [6.45, 7) is 0.877. The van der Waals surface area contributed by atoms with Gasteiger partial charge < -0.3 is 19.7 Å². The smallest absolute Gasteiger partial charge is 0.237 e. The van der Waals surface area contributed by atoms with E-state index in [1.165, 1.54) is 0 Å². The number of fused-ring (bicyclic) bond motifs is 2. The maximum absolute atomic E-state index is 12.9. The molecule has 2 aromatic carbocycles. The third kappa shape index (κ3) is 2.98. The summed E-state index contributed by atoms with van der Waals surface area (Å²) in [6, 6.07) is 10.8. The molecule has 28 heavy (non-hydrogen) atoms. The Kier molecular flexibility index (Phi) is 4.67. The minimum atomic E-state index is -0.719. The molecule has 146 valence electrons. The van der Waals surface area contributed by atoms with Gasteiger partial charge in [-0.05, 0) is 47.9 Å². The van der Waals surface area contributed by atoms with Crippen LogP contribution in [0.5, 0.6) is 11.5 Å². The van der Waals surface area contributed by atoms with Gasteiger partial charge in [0.15, 0.2) is 0 Å².